The molecule has 3 rings (SSSR count). The summed E-state index contributed by atoms with van der Waals surface area (Å²) in [7, 11) is -12.5. The molecule has 3 nitrogen and oxygen atoms in total. The van der Waals surface area contributed by atoms with Crippen LogP contribution >= 0.6 is 10.3 Å². The Morgan fingerprint density at radius 2 is 0.486 bits per heavy atom. The molecule has 0 heterocycles. The first-order valence-corrected chi connectivity index (χ1v) is 27.6. The molecule has 0 aliphatic rings. The van der Waals surface area contributed by atoms with Crippen LogP contribution in [0.15, 0.2) is 51.1 Å². The van der Waals surface area contributed by atoms with Crippen LogP contribution in [-0.4, -0.2) is 31.7 Å². The molecule has 0 N–H and O–H groups in total. The van der Waals surface area contributed by atoms with Crippen LogP contribution in [0.25, 0.3) is 0 Å². The van der Waals surface area contributed by atoms with Crippen molar-refractivity contribution in [3.8, 4) is 0 Å². The lowest BCUT2D eigenvalue weighted by Crippen LogP contribution is -2.63. The van der Waals surface area contributed by atoms with Crippen LogP contribution in [0.3, 0.4) is 0 Å². The van der Waals surface area contributed by atoms with Crippen LogP contribution in [0.2, 0.25) is 0 Å². The van der Waals surface area contributed by atoms with E-state index in [0.29, 0.717) is 33.4 Å². The Labute approximate surface area is 430 Å². The van der Waals surface area contributed by atoms with Crippen molar-refractivity contribution >= 4 is 20.4 Å². The molecule has 0 amide bonds. The lowest BCUT2D eigenvalue weighted by Gasteiger charge is -2.53. The smallest absolute Gasteiger partial charge is 0.202 e. The fourth-order valence-electron chi connectivity index (χ4n) is 8.56. The highest BCUT2D eigenvalue weighted by atomic mass is 32.3. The summed E-state index contributed by atoms with van der Waals surface area (Å²) in [5.74, 6) is -15.1. The van der Waals surface area contributed by atoms with Crippen molar-refractivity contribution in [3.05, 3.63) is 86.5 Å². The van der Waals surface area contributed by atoms with Gasteiger partial charge in [0.15, 0.2) is 0 Å². The molecule has 72 heavy (non-hydrogen) atoms. The highest BCUT2D eigenvalue weighted by Crippen LogP contribution is 2.79. The van der Waals surface area contributed by atoms with Crippen molar-refractivity contribution in [2.75, 3.05) is 0 Å². The van der Waals surface area contributed by atoms with Crippen molar-refractivity contribution < 1.29 is 51.6 Å². The summed E-state index contributed by atoms with van der Waals surface area (Å²) >= 11 is 0. The van der Waals surface area contributed by atoms with E-state index in [1.807, 2.05) is 223 Å². The molecular formula is C58H87F9O3S2. The molecule has 0 fully saturated rings. The molecule has 0 aliphatic carbocycles. The maximum Gasteiger partial charge on any atom is 0.460 e. The monoisotopic (exact) mass is 1070 g/mol. The molecule has 0 atom stereocenters. The minimum Gasteiger partial charge on any atom is -0.202 e. The Bertz CT molecular complexity index is 2300. The second kappa shape index (κ2) is 18.2. The summed E-state index contributed by atoms with van der Waals surface area (Å²) in [6.45, 7) is 50.8. The van der Waals surface area contributed by atoms with E-state index in [9.17, 15) is 13.2 Å². The Morgan fingerprint density at radius 3 is 0.625 bits per heavy atom. The minimum atomic E-state index is -7.68. The quantitative estimate of drug-likeness (QED) is 0.211. The van der Waals surface area contributed by atoms with E-state index in [-0.39, 0.29) is 14.7 Å². The summed E-state index contributed by atoms with van der Waals surface area (Å²) in [5, 5.41) is -7.21. The number of alkyl halides is 9. The van der Waals surface area contributed by atoms with Gasteiger partial charge < -0.3 is 0 Å². The first-order chi connectivity index (χ1) is 31.1. The van der Waals surface area contributed by atoms with E-state index < -0.39 is 92.4 Å². The molecule has 0 saturated heterocycles. The number of hydrogen-bond acceptors (Lipinski definition) is 3. The molecule has 14 heteroatoms. The molecule has 0 aromatic heterocycles. The first kappa shape index (κ1) is 63.6. The molecule has 0 spiro atoms. The molecule has 412 valence electrons. The van der Waals surface area contributed by atoms with Gasteiger partial charge in [-0.3, -0.25) is 0 Å². The molecular weight excluding hydrogens is 980 g/mol. The van der Waals surface area contributed by atoms with Gasteiger partial charge in [-0.25, -0.2) is 3.63 Å². The highest BCUT2D eigenvalue weighted by Gasteiger charge is 2.86. The van der Waals surface area contributed by atoms with Gasteiger partial charge in [0, 0.05) is 14.7 Å². The first-order valence-electron chi connectivity index (χ1n) is 24.6. The fourth-order valence-corrected chi connectivity index (χ4v) is 15.9. The van der Waals surface area contributed by atoms with E-state index in [0.717, 1.165) is 16.7 Å². The van der Waals surface area contributed by atoms with E-state index in [1.165, 1.54) is 0 Å². The Balaban J connectivity index is 3.52. The molecule has 0 aliphatic heterocycles. The predicted octanol–water partition coefficient (Wildman–Crippen LogP) is 19.3. The van der Waals surface area contributed by atoms with Gasteiger partial charge in [0.2, 0.25) is 0 Å². The lowest BCUT2D eigenvalue weighted by molar-refractivity contribution is -0.382. The molecule has 0 bridgehead atoms. The van der Waals surface area contributed by atoms with E-state index in [2.05, 4.69) is 0 Å². The van der Waals surface area contributed by atoms with Crippen molar-refractivity contribution in [1.82, 2.24) is 0 Å². The Morgan fingerprint density at radius 1 is 0.306 bits per heavy atom. The average molecular weight is 1070 g/mol. The number of rotatable bonds is 8. The van der Waals surface area contributed by atoms with Gasteiger partial charge in [-0.2, -0.15) is 47.9 Å². The average Bonchev–Trinajstić information content (AvgIpc) is 3.11. The Kier molecular flexibility index (Phi) is 16.1. The van der Waals surface area contributed by atoms with E-state index >= 15 is 34.8 Å². The molecule has 0 unspecified atom stereocenters. The molecule has 0 radical (unpaired) electrons. The normalized spacial score (nSPS) is 15.6. The standard InChI is InChI=1S/C58H87F9O3S2/c1-46(2,3)34-28-37(49(10,11)12)43(38(29-34)50(13,14)15)71(70-72(68,69)58(66,67)56(61,62)55(59,60)57(63,64)65,44-39(51(16,17)18)30-35(47(4,5)6)31-40(44)52(19,20)21)45-41(53(22,23)24)32-36(48(7,8)9)33-42(45)54(25,26)27/h28-33H,1-27H3. The highest BCUT2D eigenvalue weighted by molar-refractivity contribution is 8.33. The van der Waals surface area contributed by atoms with Crippen LogP contribution < -0.4 is 0 Å². The van der Waals surface area contributed by atoms with Gasteiger partial charge in [0.1, 0.15) is 0 Å². The van der Waals surface area contributed by atoms with Crippen molar-refractivity contribution in [1.29, 1.82) is 0 Å². The SMILES string of the molecule is CC(C)(C)c1cc(C(C)(C)C)c(S(OS(=O)(=O)C(F)(F)C(F)(F)C(F)(F)C(F)(F)F)(c2c(C(C)(C)C)cc(C(C)(C)C)cc2C(C)(C)C)c2c(C(C)(C)C)cc(C(C)(C)C)cc2C(C)(C)C)c(C(C)(C)C)c1. The number of hydrogen-bond donors (Lipinski definition) is 0. The van der Waals surface area contributed by atoms with Gasteiger partial charge >= 0.3 is 33.4 Å². The van der Waals surface area contributed by atoms with Crippen LogP contribution in [0.4, 0.5) is 39.5 Å². The second-order valence-electron chi connectivity index (χ2n) is 29.2. The third-order valence-corrected chi connectivity index (χ3v) is 18.7. The number of halogens is 9. The lowest BCUT2D eigenvalue weighted by atomic mass is 9.75. The maximum absolute atomic E-state index is 17.3. The minimum absolute atomic E-state index is 0.0415. The summed E-state index contributed by atoms with van der Waals surface area (Å²) in [6, 6.07) is 11.1. The van der Waals surface area contributed by atoms with Gasteiger partial charge in [0.05, 0.1) is 0 Å². The van der Waals surface area contributed by atoms with Gasteiger partial charge in [-0.15, -0.1) is 0 Å². The summed E-state index contributed by atoms with van der Waals surface area (Å²) in [6.07, 6.45) is -7.32. The summed E-state index contributed by atoms with van der Waals surface area (Å²) in [5.41, 5.74) is -3.80. The molecule has 3 aromatic carbocycles. The van der Waals surface area contributed by atoms with Crippen molar-refractivity contribution in [2.24, 2.45) is 0 Å². The number of benzene rings is 3. The van der Waals surface area contributed by atoms with E-state index in [4.69, 9.17) is 3.63 Å². The summed E-state index contributed by atoms with van der Waals surface area (Å²) < 4.78 is 178. The zero-order valence-electron chi connectivity index (χ0n) is 48.4. The van der Waals surface area contributed by atoms with Crippen molar-refractivity contribution in [3.63, 3.8) is 0 Å². The van der Waals surface area contributed by atoms with Crippen LogP contribution in [0, 0.1) is 0 Å². The van der Waals surface area contributed by atoms with Crippen LogP contribution in [0.1, 0.15) is 237 Å². The largest absolute Gasteiger partial charge is 0.460 e. The third kappa shape index (κ3) is 11.7. The van der Waals surface area contributed by atoms with Crippen LogP contribution in [0.5, 0.6) is 0 Å². The van der Waals surface area contributed by atoms with E-state index in [1.54, 1.807) is 0 Å². The van der Waals surface area contributed by atoms with Gasteiger partial charge in [-0.05, 0) is 109 Å². The van der Waals surface area contributed by atoms with Crippen molar-refractivity contribution in [2.45, 2.75) is 274 Å². The van der Waals surface area contributed by atoms with Gasteiger partial charge in [-0.1, -0.05) is 223 Å². The summed E-state index contributed by atoms with van der Waals surface area (Å²) in [4.78, 5) is 0.124. The maximum atomic E-state index is 17.3. The zero-order valence-corrected chi connectivity index (χ0v) is 50.0. The predicted molar refractivity (Wildman–Crippen MR) is 281 cm³/mol. The second-order valence-corrected chi connectivity index (χ2v) is 33.5. The topological polar surface area (TPSA) is 43.4 Å². The third-order valence-electron chi connectivity index (χ3n) is 13.2. The van der Waals surface area contributed by atoms with Gasteiger partial charge in [0.25, 0.3) is 0 Å². The Hall–Kier alpha value is -2.71. The van der Waals surface area contributed by atoms with Crippen LogP contribution in [-0.2, 0) is 62.5 Å². The molecule has 3 aromatic rings. The zero-order chi connectivity index (χ0) is 57.4. The fraction of sp³-hybridized carbons (Fsp3) is 0.690. The molecule has 0 saturated carbocycles.